The molecule has 72 valence electrons. The summed E-state index contributed by atoms with van der Waals surface area (Å²) in [6.07, 6.45) is 0. The zero-order valence-corrected chi connectivity index (χ0v) is 9.82. The van der Waals surface area contributed by atoms with E-state index >= 15 is 0 Å². The third-order valence-corrected chi connectivity index (χ3v) is 3.33. The maximum Gasteiger partial charge on any atom is 0.166 e. The molecule has 0 aliphatic rings. The van der Waals surface area contributed by atoms with Crippen molar-refractivity contribution in [2.75, 3.05) is 7.05 Å². The molecule has 0 aliphatic heterocycles. The van der Waals surface area contributed by atoms with Crippen LogP contribution < -0.4 is 10.6 Å². The summed E-state index contributed by atoms with van der Waals surface area (Å²) in [6, 6.07) is 4.10. The van der Waals surface area contributed by atoms with E-state index < -0.39 is 0 Å². The summed E-state index contributed by atoms with van der Waals surface area (Å²) in [5.41, 5.74) is 0. The van der Waals surface area contributed by atoms with Crippen molar-refractivity contribution in [1.82, 2.24) is 10.6 Å². The topological polar surface area (TPSA) is 24.1 Å². The van der Waals surface area contributed by atoms with Gasteiger partial charge in [-0.15, -0.1) is 11.3 Å². The molecule has 0 fully saturated rings. The maximum absolute atomic E-state index is 5.82. The predicted molar refractivity (Wildman–Crippen MR) is 62.5 cm³/mol. The Labute approximate surface area is 92.3 Å². The smallest absolute Gasteiger partial charge is 0.166 e. The van der Waals surface area contributed by atoms with Gasteiger partial charge in [-0.3, -0.25) is 0 Å². The van der Waals surface area contributed by atoms with Crippen LogP contribution in [0.25, 0.3) is 0 Å². The molecule has 0 saturated heterocycles. The standard InChI is InChI=1S/C8H11ClN2S2/c1-5(11-8(12)10-2)6-3-4-7(9)13-6/h3-5H,1-2H3,(H2,10,11,12). The third-order valence-electron chi connectivity index (χ3n) is 1.60. The van der Waals surface area contributed by atoms with E-state index in [0.29, 0.717) is 5.11 Å². The first-order valence-corrected chi connectivity index (χ1v) is 5.47. The molecule has 0 radical (unpaired) electrons. The van der Waals surface area contributed by atoms with E-state index in [2.05, 4.69) is 10.6 Å². The van der Waals surface area contributed by atoms with Crippen LogP contribution in [0.1, 0.15) is 17.8 Å². The highest BCUT2D eigenvalue weighted by Crippen LogP contribution is 2.26. The molecule has 1 aromatic heterocycles. The molecule has 0 amide bonds. The Morgan fingerprint density at radius 3 is 2.77 bits per heavy atom. The number of nitrogens with one attached hydrogen (secondary N) is 2. The summed E-state index contributed by atoms with van der Waals surface area (Å²) in [6.45, 7) is 2.05. The van der Waals surface area contributed by atoms with Gasteiger partial charge in [0.05, 0.1) is 10.4 Å². The Morgan fingerprint density at radius 2 is 2.31 bits per heavy atom. The minimum Gasteiger partial charge on any atom is -0.366 e. The van der Waals surface area contributed by atoms with Crippen LogP contribution in [-0.2, 0) is 0 Å². The quantitative estimate of drug-likeness (QED) is 0.770. The van der Waals surface area contributed by atoms with E-state index in [-0.39, 0.29) is 6.04 Å². The summed E-state index contributed by atoms with van der Waals surface area (Å²) in [5, 5.41) is 6.65. The van der Waals surface area contributed by atoms with Gasteiger partial charge >= 0.3 is 0 Å². The normalized spacial score (nSPS) is 12.2. The van der Waals surface area contributed by atoms with Gasteiger partial charge in [0.15, 0.2) is 5.11 Å². The lowest BCUT2D eigenvalue weighted by molar-refractivity contribution is 0.723. The molecule has 2 nitrogen and oxygen atoms in total. The number of halogens is 1. The fourth-order valence-electron chi connectivity index (χ4n) is 0.901. The van der Waals surface area contributed by atoms with Crippen molar-refractivity contribution in [3.63, 3.8) is 0 Å². The molecule has 1 heterocycles. The van der Waals surface area contributed by atoms with Crippen molar-refractivity contribution in [3.8, 4) is 0 Å². The van der Waals surface area contributed by atoms with E-state index in [9.17, 15) is 0 Å². The molecule has 2 N–H and O–H groups in total. The summed E-state index contributed by atoms with van der Waals surface area (Å²) in [5.74, 6) is 0. The molecule has 5 heteroatoms. The zero-order chi connectivity index (χ0) is 9.84. The van der Waals surface area contributed by atoms with Gasteiger partial charge in [0.2, 0.25) is 0 Å². The summed E-state index contributed by atoms with van der Waals surface area (Å²) < 4.78 is 0.805. The van der Waals surface area contributed by atoms with Crippen LogP contribution in [0.5, 0.6) is 0 Å². The lowest BCUT2D eigenvalue weighted by Crippen LogP contribution is -2.33. The number of hydrogen-bond acceptors (Lipinski definition) is 2. The van der Waals surface area contributed by atoms with Crippen molar-refractivity contribution in [1.29, 1.82) is 0 Å². The van der Waals surface area contributed by atoms with Gasteiger partial charge in [-0.25, -0.2) is 0 Å². The molecule has 0 spiro atoms. The highest BCUT2D eigenvalue weighted by molar-refractivity contribution is 7.80. The van der Waals surface area contributed by atoms with Crippen LogP contribution in [0.15, 0.2) is 12.1 Å². The van der Waals surface area contributed by atoms with E-state index in [1.165, 1.54) is 4.88 Å². The first-order chi connectivity index (χ1) is 6.13. The first-order valence-electron chi connectivity index (χ1n) is 3.87. The Balaban J connectivity index is 2.58. The monoisotopic (exact) mass is 234 g/mol. The Hall–Kier alpha value is -0.320. The molecule has 1 atom stereocenters. The average Bonchev–Trinajstić information content (AvgIpc) is 2.51. The van der Waals surface area contributed by atoms with Crippen molar-refractivity contribution < 1.29 is 0 Å². The van der Waals surface area contributed by atoms with Crippen molar-refractivity contribution in [2.24, 2.45) is 0 Å². The number of rotatable bonds is 2. The molecule has 1 rings (SSSR count). The summed E-state index contributed by atoms with van der Waals surface area (Å²) >= 11 is 12.4. The minimum atomic E-state index is 0.206. The van der Waals surface area contributed by atoms with Gasteiger partial charge in [-0.05, 0) is 31.3 Å². The van der Waals surface area contributed by atoms with Crippen LogP contribution >= 0.6 is 35.2 Å². The van der Waals surface area contributed by atoms with Crippen LogP contribution in [0.2, 0.25) is 4.34 Å². The molecule has 0 aliphatic carbocycles. The van der Waals surface area contributed by atoms with Gasteiger partial charge < -0.3 is 10.6 Å². The van der Waals surface area contributed by atoms with Gasteiger partial charge in [-0.2, -0.15) is 0 Å². The van der Waals surface area contributed by atoms with Crippen LogP contribution in [0.3, 0.4) is 0 Å². The van der Waals surface area contributed by atoms with E-state index in [1.807, 2.05) is 19.1 Å². The second-order valence-corrected chi connectivity index (χ2v) is 4.74. The van der Waals surface area contributed by atoms with Gasteiger partial charge in [0.25, 0.3) is 0 Å². The molecule has 0 aromatic carbocycles. The third kappa shape index (κ3) is 3.14. The first kappa shape index (κ1) is 10.8. The second-order valence-electron chi connectivity index (χ2n) is 2.59. The van der Waals surface area contributed by atoms with Crippen LogP contribution in [0, 0.1) is 0 Å². The van der Waals surface area contributed by atoms with Gasteiger partial charge in [0.1, 0.15) is 0 Å². The van der Waals surface area contributed by atoms with E-state index in [4.69, 9.17) is 23.8 Å². The Kier molecular flexibility index (Phi) is 3.96. The molecule has 1 unspecified atom stereocenters. The maximum atomic E-state index is 5.82. The lowest BCUT2D eigenvalue weighted by atomic mass is 10.3. The lowest BCUT2D eigenvalue weighted by Gasteiger charge is -2.13. The summed E-state index contributed by atoms with van der Waals surface area (Å²) in [7, 11) is 1.80. The largest absolute Gasteiger partial charge is 0.366 e. The predicted octanol–water partition coefficient (Wildman–Crippen LogP) is 2.56. The number of thiocarbonyl (C=S) groups is 1. The van der Waals surface area contributed by atoms with Gasteiger partial charge in [-0.1, -0.05) is 11.6 Å². The van der Waals surface area contributed by atoms with Crippen molar-refractivity contribution in [2.45, 2.75) is 13.0 Å². The van der Waals surface area contributed by atoms with Crippen LogP contribution in [0.4, 0.5) is 0 Å². The SMILES string of the molecule is CNC(=S)NC(C)c1ccc(Cl)s1. The molecule has 1 aromatic rings. The van der Waals surface area contributed by atoms with Crippen molar-refractivity contribution >= 4 is 40.3 Å². The van der Waals surface area contributed by atoms with E-state index in [0.717, 1.165) is 4.34 Å². The molecular formula is C8H11ClN2S2. The molecule has 0 bridgehead atoms. The van der Waals surface area contributed by atoms with Gasteiger partial charge in [0, 0.05) is 11.9 Å². The minimum absolute atomic E-state index is 0.206. The summed E-state index contributed by atoms with van der Waals surface area (Å²) in [4.78, 5) is 1.18. The molecule has 0 saturated carbocycles. The fraction of sp³-hybridized carbons (Fsp3) is 0.375. The zero-order valence-electron chi connectivity index (χ0n) is 7.43. The highest BCUT2D eigenvalue weighted by Gasteiger charge is 2.08. The molecular weight excluding hydrogens is 224 g/mol. The average molecular weight is 235 g/mol. The number of thiophene rings is 1. The van der Waals surface area contributed by atoms with Crippen LogP contribution in [-0.4, -0.2) is 12.2 Å². The van der Waals surface area contributed by atoms with Crippen molar-refractivity contribution in [3.05, 3.63) is 21.3 Å². The second kappa shape index (κ2) is 4.79. The highest BCUT2D eigenvalue weighted by atomic mass is 35.5. The Morgan fingerprint density at radius 1 is 1.62 bits per heavy atom. The fourth-order valence-corrected chi connectivity index (χ4v) is 2.14. The molecule has 13 heavy (non-hydrogen) atoms. The Bertz CT molecular complexity index is 298. The number of hydrogen-bond donors (Lipinski definition) is 2. The van der Waals surface area contributed by atoms with E-state index in [1.54, 1.807) is 18.4 Å².